The van der Waals surface area contributed by atoms with Crippen molar-refractivity contribution in [1.29, 1.82) is 0 Å². The lowest BCUT2D eigenvalue weighted by Gasteiger charge is -2.15. The number of rotatable bonds is 5. The fourth-order valence-corrected chi connectivity index (χ4v) is 3.32. The van der Waals surface area contributed by atoms with E-state index in [0.29, 0.717) is 10.9 Å². The maximum absolute atomic E-state index is 12.5. The van der Waals surface area contributed by atoms with Crippen molar-refractivity contribution in [2.24, 2.45) is 0 Å². The second kappa shape index (κ2) is 6.72. The summed E-state index contributed by atoms with van der Waals surface area (Å²) in [7, 11) is -2.21. The van der Waals surface area contributed by atoms with Gasteiger partial charge in [-0.25, -0.2) is 8.42 Å². The summed E-state index contributed by atoms with van der Waals surface area (Å²) in [6.07, 6.45) is 0. The van der Waals surface area contributed by atoms with Crippen molar-refractivity contribution >= 4 is 21.6 Å². The normalized spacial score (nSPS) is 11.8. The van der Waals surface area contributed by atoms with Crippen LogP contribution in [0.4, 0.5) is 0 Å². The van der Waals surface area contributed by atoms with Gasteiger partial charge in [-0.1, -0.05) is 29.8 Å². The molecular weight excluding hydrogens is 350 g/mol. The second-order valence-electron chi connectivity index (χ2n) is 5.08. The number of hydrogen-bond acceptors (Lipinski definition) is 5. The summed E-state index contributed by atoms with van der Waals surface area (Å²) < 4.78 is 31.7. The van der Waals surface area contributed by atoms with Crippen LogP contribution < -0.4 is 0 Å². The Morgan fingerprint density at radius 2 is 1.71 bits per heavy atom. The first-order chi connectivity index (χ1) is 11.5. The zero-order valence-electron chi connectivity index (χ0n) is 12.8. The van der Waals surface area contributed by atoms with Crippen molar-refractivity contribution in [2.45, 2.75) is 11.4 Å². The molecule has 0 fully saturated rings. The van der Waals surface area contributed by atoms with E-state index in [-0.39, 0.29) is 17.3 Å². The third-order valence-electron chi connectivity index (χ3n) is 3.37. The Labute approximate surface area is 144 Å². The highest BCUT2D eigenvalue weighted by Gasteiger charge is 2.23. The van der Waals surface area contributed by atoms with E-state index in [1.165, 1.54) is 31.3 Å². The van der Waals surface area contributed by atoms with Crippen LogP contribution in [-0.2, 0) is 16.6 Å². The molecule has 1 heterocycles. The van der Waals surface area contributed by atoms with Crippen molar-refractivity contribution in [3.63, 3.8) is 0 Å². The lowest BCUT2D eigenvalue weighted by Crippen LogP contribution is -2.26. The van der Waals surface area contributed by atoms with E-state index in [2.05, 4.69) is 10.2 Å². The van der Waals surface area contributed by atoms with Crippen molar-refractivity contribution in [1.82, 2.24) is 14.5 Å². The molecule has 0 saturated carbocycles. The third kappa shape index (κ3) is 3.48. The Hall–Kier alpha value is -2.22. The average Bonchev–Trinajstić information content (AvgIpc) is 3.04. The first-order valence-electron chi connectivity index (χ1n) is 7.06. The van der Waals surface area contributed by atoms with E-state index in [9.17, 15) is 8.42 Å². The van der Waals surface area contributed by atoms with Crippen molar-refractivity contribution in [3.8, 4) is 11.5 Å². The fraction of sp³-hybridized carbons (Fsp3) is 0.125. The van der Waals surface area contributed by atoms with Crippen molar-refractivity contribution in [3.05, 3.63) is 65.5 Å². The molecule has 24 heavy (non-hydrogen) atoms. The maximum Gasteiger partial charge on any atom is 0.247 e. The molecule has 0 bridgehead atoms. The standard InChI is InChI=1S/C16H14ClN3O3S/c1-20(24(21,22)14-9-7-13(17)8-10-14)11-15-18-19-16(23-15)12-5-3-2-4-6-12/h2-10H,11H2,1H3. The lowest BCUT2D eigenvalue weighted by molar-refractivity contribution is 0.400. The van der Waals surface area contributed by atoms with Crippen LogP contribution in [0.2, 0.25) is 5.02 Å². The zero-order chi connectivity index (χ0) is 17.2. The van der Waals surface area contributed by atoms with Gasteiger partial charge in [0.2, 0.25) is 21.8 Å². The molecule has 0 saturated heterocycles. The molecule has 0 aliphatic rings. The number of halogens is 1. The van der Waals surface area contributed by atoms with Gasteiger partial charge in [0.05, 0.1) is 11.4 Å². The Morgan fingerprint density at radius 3 is 2.38 bits per heavy atom. The SMILES string of the molecule is CN(Cc1nnc(-c2ccccc2)o1)S(=O)(=O)c1ccc(Cl)cc1. The van der Waals surface area contributed by atoms with Gasteiger partial charge in [0.15, 0.2) is 0 Å². The van der Waals surface area contributed by atoms with Crippen molar-refractivity contribution in [2.75, 3.05) is 7.05 Å². The predicted octanol–water partition coefficient (Wildman–Crippen LogP) is 3.21. The van der Waals surface area contributed by atoms with E-state index in [1.54, 1.807) is 0 Å². The molecule has 2 aromatic carbocycles. The van der Waals surface area contributed by atoms with Crippen LogP contribution in [0.3, 0.4) is 0 Å². The Kier molecular flexibility index (Phi) is 4.66. The summed E-state index contributed by atoms with van der Waals surface area (Å²) in [4.78, 5) is 0.150. The summed E-state index contributed by atoms with van der Waals surface area (Å²) in [5, 5.41) is 8.33. The quantitative estimate of drug-likeness (QED) is 0.695. The van der Waals surface area contributed by atoms with Crippen LogP contribution in [0, 0.1) is 0 Å². The smallest absolute Gasteiger partial charge is 0.247 e. The molecule has 124 valence electrons. The number of nitrogens with zero attached hydrogens (tertiary/aromatic N) is 3. The Morgan fingerprint density at radius 1 is 1.04 bits per heavy atom. The average molecular weight is 364 g/mol. The fourth-order valence-electron chi connectivity index (χ4n) is 2.08. The summed E-state index contributed by atoms with van der Waals surface area (Å²) >= 11 is 5.79. The first-order valence-corrected chi connectivity index (χ1v) is 8.88. The van der Waals surface area contributed by atoms with E-state index in [0.717, 1.165) is 9.87 Å². The number of benzene rings is 2. The summed E-state index contributed by atoms with van der Waals surface area (Å²) in [5.74, 6) is 0.566. The molecule has 0 aliphatic carbocycles. The minimum absolute atomic E-state index is 0.0230. The second-order valence-corrected chi connectivity index (χ2v) is 7.56. The van der Waals surface area contributed by atoms with Crippen LogP contribution in [0.1, 0.15) is 5.89 Å². The third-order valence-corrected chi connectivity index (χ3v) is 5.44. The van der Waals surface area contributed by atoms with Gasteiger partial charge >= 0.3 is 0 Å². The number of aromatic nitrogens is 2. The maximum atomic E-state index is 12.5. The molecule has 1 aromatic heterocycles. The van der Waals surface area contributed by atoms with Crippen LogP contribution >= 0.6 is 11.6 Å². The molecule has 0 N–H and O–H groups in total. The van der Waals surface area contributed by atoms with Crippen molar-refractivity contribution < 1.29 is 12.8 Å². The molecule has 0 amide bonds. The molecule has 8 heteroatoms. The van der Waals surface area contributed by atoms with Gasteiger partial charge in [0, 0.05) is 17.6 Å². The highest BCUT2D eigenvalue weighted by atomic mass is 35.5. The van der Waals surface area contributed by atoms with E-state index >= 15 is 0 Å². The van der Waals surface area contributed by atoms with Gasteiger partial charge in [-0.2, -0.15) is 4.31 Å². The topological polar surface area (TPSA) is 76.3 Å². The number of hydrogen-bond donors (Lipinski definition) is 0. The largest absolute Gasteiger partial charge is 0.419 e. The highest BCUT2D eigenvalue weighted by molar-refractivity contribution is 7.89. The Bertz CT molecular complexity index is 925. The van der Waals surface area contributed by atoms with Gasteiger partial charge in [-0.15, -0.1) is 10.2 Å². The molecular formula is C16H14ClN3O3S. The molecule has 0 radical (unpaired) electrons. The molecule has 3 aromatic rings. The summed E-state index contributed by atoms with van der Waals surface area (Å²) in [5.41, 5.74) is 0.777. The molecule has 3 rings (SSSR count). The van der Waals surface area contributed by atoms with Gasteiger partial charge in [-0.05, 0) is 36.4 Å². The summed E-state index contributed by atoms with van der Waals surface area (Å²) in [6, 6.07) is 15.2. The van der Waals surface area contributed by atoms with Gasteiger partial charge < -0.3 is 4.42 Å². The predicted molar refractivity (Wildman–Crippen MR) is 89.8 cm³/mol. The van der Waals surface area contributed by atoms with Gasteiger partial charge in [0.1, 0.15) is 0 Å². The van der Waals surface area contributed by atoms with E-state index in [1.807, 2.05) is 30.3 Å². The zero-order valence-corrected chi connectivity index (χ0v) is 14.3. The van der Waals surface area contributed by atoms with Crippen LogP contribution in [-0.4, -0.2) is 30.0 Å². The monoisotopic (exact) mass is 363 g/mol. The van der Waals surface area contributed by atoms with Crippen LogP contribution in [0.15, 0.2) is 63.9 Å². The summed E-state index contributed by atoms with van der Waals surface area (Å²) in [6.45, 7) is -0.0230. The Balaban J connectivity index is 1.78. The van der Waals surface area contributed by atoms with E-state index < -0.39 is 10.0 Å². The minimum Gasteiger partial charge on any atom is -0.419 e. The molecule has 6 nitrogen and oxygen atoms in total. The highest BCUT2D eigenvalue weighted by Crippen LogP contribution is 2.21. The molecule has 0 spiro atoms. The van der Waals surface area contributed by atoms with Crippen LogP contribution in [0.25, 0.3) is 11.5 Å². The molecule has 0 unspecified atom stereocenters. The van der Waals surface area contributed by atoms with E-state index in [4.69, 9.17) is 16.0 Å². The lowest BCUT2D eigenvalue weighted by atomic mass is 10.2. The molecule has 0 atom stereocenters. The molecule has 0 aliphatic heterocycles. The minimum atomic E-state index is -3.66. The van der Waals surface area contributed by atoms with Gasteiger partial charge in [0.25, 0.3) is 0 Å². The van der Waals surface area contributed by atoms with Crippen LogP contribution in [0.5, 0.6) is 0 Å². The van der Waals surface area contributed by atoms with Gasteiger partial charge in [-0.3, -0.25) is 0 Å². The number of sulfonamides is 1. The first kappa shape index (κ1) is 16.6.